The number of methoxy groups -OCH3 is 1. The quantitative estimate of drug-likeness (QED) is 0.504. The molecule has 12 heteroatoms. The van der Waals surface area contributed by atoms with Crippen LogP contribution in [0.4, 0.5) is 22.0 Å². The predicted octanol–water partition coefficient (Wildman–Crippen LogP) is 1.87. The average Bonchev–Trinajstić information content (AvgIpc) is 3.23. The van der Waals surface area contributed by atoms with Crippen molar-refractivity contribution in [2.75, 3.05) is 38.3 Å². The van der Waals surface area contributed by atoms with Crippen molar-refractivity contribution >= 4 is 29.1 Å². The van der Waals surface area contributed by atoms with Gasteiger partial charge in [0.05, 0.1) is 24.0 Å². The van der Waals surface area contributed by atoms with Gasteiger partial charge in [-0.2, -0.15) is 5.10 Å². The van der Waals surface area contributed by atoms with Crippen LogP contribution in [0.15, 0.2) is 30.6 Å². The number of carbonyl (C=O) groups excluding carboxylic acids is 2. The summed E-state index contributed by atoms with van der Waals surface area (Å²) in [4.78, 5) is 30.6. The number of urea groups is 1. The summed E-state index contributed by atoms with van der Waals surface area (Å²) < 4.78 is 29.1. The third kappa shape index (κ3) is 4.74. The summed E-state index contributed by atoms with van der Waals surface area (Å²) in [5, 5.41) is 19.5. The van der Waals surface area contributed by atoms with Crippen molar-refractivity contribution in [3.05, 3.63) is 36.3 Å². The normalized spacial score (nSPS) is 12.2. The van der Waals surface area contributed by atoms with E-state index < -0.39 is 18.9 Å². The molecule has 3 aromatic rings. The number of aromatic nitrogens is 5. The fourth-order valence-corrected chi connectivity index (χ4v) is 2.76. The number of benzene rings is 1. The van der Waals surface area contributed by atoms with E-state index in [0.717, 1.165) is 0 Å². The van der Waals surface area contributed by atoms with Gasteiger partial charge in [0.15, 0.2) is 23.1 Å². The van der Waals surface area contributed by atoms with Gasteiger partial charge < -0.3 is 20.3 Å². The minimum absolute atomic E-state index is 0.0461. The fourth-order valence-electron chi connectivity index (χ4n) is 2.76. The molecular weight excluding hydrogens is 414 g/mol. The summed E-state index contributed by atoms with van der Waals surface area (Å²) in [5.74, 6) is -0.152. The van der Waals surface area contributed by atoms with Crippen molar-refractivity contribution in [3.8, 4) is 17.1 Å². The van der Waals surface area contributed by atoms with Gasteiger partial charge in [-0.15, -0.1) is 10.2 Å². The minimum atomic E-state index is -2.74. The molecule has 0 aliphatic rings. The molecule has 0 saturated heterocycles. The van der Waals surface area contributed by atoms with Crippen molar-refractivity contribution in [1.29, 1.82) is 0 Å². The van der Waals surface area contributed by atoms with Gasteiger partial charge in [0.25, 0.3) is 5.91 Å². The van der Waals surface area contributed by atoms with E-state index in [9.17, 15) is 9.59 Å². The molecule has 0 bridgehead atoms. The van der Waals surface area contributed by atoms with Gasteiger partial charge in [-0.25, -0.2) is 9.78 Å². The molecule has 2 aromatic heterocycles. The Balaban J connectivity index is 2.05. The second kappa shape index (κ2) is 9.73. The molecule has 0 aliphatic carbocycles. The Hall–Kier alpha value is -4.22. The van der Waals surface area contributed by atoms with Crippen molar-refractivity contribution in [1.82, 2.24) is 35.2 Å². The monoisotopic (exact) mass is 442 g/mol. The lowest BCUT2D eigenvalue weighted by atomic mass is 10.1. The first-order valence-corrected chi connectivity index (χ1v) is 9.54. The average molecular weight is 442 g/mol. The molecule has 0 saturated carbocycles. The number of carbonyl (C=O) groups is 2. The van der Waals surface area contributed by atoms with E-state index in [1.165, 1.54) is 18.1 Å². The van der Waals surface area contributed by atoms with E-state index >= 15 is 0 Å². The molecule has 0 radical (unpaired) electrons. The van der Waals surface area contributed by atoms with Gasteiger partial charge in [0, 0.05) is 37.8 Å². The molecule has 0 spiro atoms. The van der Waals surface area contributed by atoms with Crippen molar-refractivity contribution < 1.29 is 18.4 Å². The van der Waals surface area contributed by atoms with Crippen molar-refractivity contribution in [2.45, 2.75) is 6.92 Å². The fraction of sp³-hybridized carbons (Fsp3) is 0.300. The van der Waals surface area contributed by atoms with E-state index in [0.29, 0.717) is 29.4 Å². The molecule has 2 heterocycles. The number of anilines is 3. The number of amides is 3. The molecule has 0 unspecified atom stereocenters. The van der Waals surface area contributed by atoms with Crippen LogP contribution in [-0.4, -0.2) is 69.5 Å². The number of hydrogen-bond acceptors (Lipinski definition) is 8. The van der Waals surface area contributed by atoms with Crippen molar-refractivity contribution in [2.24, 2.45) is 7.05 Å². The molecule has 3 rings (SSSR count). The summed E-state index contributed by atoms with van der Waals surface area (Å²) in [6.07, 6.45) is 1.54. The minimum Gasteiger partial charge on any atom is -0.494 e. The van der Waals surface area contributed by atoms with Crippen LogP contribution in [0, 0.1) is 0 Å². The highest BCUT2D eigenvalue weighted by atomic mass is 16.5. The number of nitrogens with one attached hydrogen (secondary N) is 3. The Morgan fingerprint density at radius 1 is 1.28 bits per heavy atom. The third-order valence-electron chi connectivity index (χ3n) is 4.51. The van der Waals surface area contributed by atoms with Crippen LogP contribution >= 0.6 is 0 Å². The molecule has 0 atom stereocenters. The molecule has 0 fully saturated rings. The van der Waals surface area contributed by atoms with Gasteiger partial charge in [-0.3, -0.25) is 14.8 Å². The van der Waals surface area contributed by atoms with E-state index in [-0.39, 0.29) is 17.2 Å². The van der Waals surface area contributed by atoms with Gasteiger partial charge in [-0.1, -0.05) is 6.07 Å². The zero-order valence-corrected chi connectivity index (χ0v) is 18.0. The standard InChI is InChI=1S/C20H25N9O3/c1-6-28(3)20(31)24-15-10-14(16(26-25-15)19(30)21-2)23-13-9-7-8-12(17(13)32-5)18-22-11-29(4)27-18/h7-11H,6H2,1-5H3,(H,21,30)(H2,23,24,25,31)/i2D3. The van der Waals surface area contributed by atoms with E-state index in [1.54, 1.807) is 50.2 Å². The van der Waals surface area contributed by atoms with Crippen LogP contribution < -0.4 is 20.7 Å². The molecule has 168 valence electrons. The topological polar surface area (TPSA) is 139 Å². The third-order valence-corrected chi connectivity index (χ3v) is 4.51. The summed E-state index contributed by atoms with van der Waals surface area (Å²) in [6, 6.07) is 6.10. The number of aryl methyl sites for hydroxylation is 1. The SMILES string of the molecule is [2H]C([2H])([2H])NC(=O)c1nnc(NC(=O)N(C)CC)cc1Nc1cccc(-c2ncn(C)n2)c1OC. The van der Waals surface area contributed by atoms with Crippen LogP contribution in [0.25, 0.3) is 11.4 Å². The Bertz CT molecular complexity index is 1230. The summed E-state index contributed by atoms with van der Waals surface area (Å²) in [5.41, 5.74) is 0.773. The Kier molecular flexibility index (Phi) is 5.63. The maximum Gasteiger partial charge on any atom is 0.322 e. The molecule has 12 nitrogen and oxygen atoms in total. The zero-order valence-electron chi connectivity index (χ0n) is 21.0. The molecule has 32 heavy (non-hydrogen) atoms. The van der Waals surface area contributed by atoms with E-state index in [2.05, 4.69) is 30.9 Å². The first kappa shape index (κ1) is 18.5. The van der Waals surface area contributed by atoms with Crippen LogP contribution in [-0.2, 0) is 7.05 Å². The number of para-hydroxylation sites is 1. The Morgan fingerprint density at radius 2 is 2.09 bits per heavy atom. The van der Waals surface area contributed by atoms with Crippen LogP contribution in [0.2, 0.25) is 0 Å². The lowest BCUT2D eigenvalue weighted by Crippen LogP contribution is -2.31. The second-order valence-corrected chi connectivity index (χ2v) is 6.64. The smallest absolute Gasteiger partial charge is 0.322 e. The van der Waals surface area contributed by atoms with Crippen molar-refractivity contribution in [3.63, 3.8) is 0 Å². The van der Waals surface area contributed by atoms with Gasteiger partial charge >= 0.3 is 6.03 Å². The highest BCUT2D eigenvalue weighted by Crippen LogP contribution is 2.37. The van der Waals surface area contributed by atoms with Crippen LogP contribution in [0.5, 0.6) is 5.75 Å². The van der Waals surface area contributed by atoms with Crippen LogP contribution in [0.1, 0.15) is 21.5 Å². The molecular formula is C20H25N9O3. The number of nitrogens with zero attached hydrogens (tertiary/aromatic N) is 6. The Labute approximate surface area is 189 Å². The zero-order chi connectivity index (χ0) is 25.8. The lowest BCUT2D eigenvalue weighted by molar-refractivity contribution is 0.0958. The number of rotatable bonds is 7. The number of ether oxygens (including phenoxy) is 1. The number of hydrogen-bond donors (Lipinski definition) is 3. The first-order chi connectivity index (χ1) is 16.5. The predicted molar refractivity (Wildman–Crippen MR) is 119 cm³/mol. The largest absolute Gasteiger partial charge is 0.494 e. The highest BCUT2D eigenvalue weighted by molar-refractivity contribution is 5.99. The van der Waals surface area contributed by atoms with Gasteiger partial charge in [0.2, 0.25) is 0 Å². The molecule has 1 aromatic carbocycles. The van der Waals surface area contributed by atoms with Gasteiger partial charge in [-0.05, 0) is 19.1 Å². The maximum absolute atomic E-state index is 12.6. The molecule has 3 N–H and O–H groups in total. The molecule has 3 amide bonds. The summed E-state index contributed by atoms with van der Waals surface area (Å²) >= 11 is 0. The second-order valence-electron chi connectivity index (χ2n) is 6.64. The first-order valence-electron chi connectivity index (χ1n) is 11.0. The maximum atomic E-state index is 12.6. The van der Waals surface area contributed by atoms with E-state index in [4.69, 9.17) is 8.85 Å². The summed E-state index contributed by atoms with van der Waals surface area (Å²) in [6.45, 7) is -0.486. The lowest BCUT2D eigenvalue weighted by Gasteiger charge is -2.17. The molecule has 0 aliphatic heterocycles. The Morgan fingerprint density at radius 3 is 2.75 bits per heavy atom. The highest BCUT2D eigenvalue weighted by Gasteiger charge is 2.19. The van der Waals surface area contributed by atoms with E-state index in [1.807, 2.05) is 5.32 Å². The summed E-state index contributed by atoms with van der Waals surface area (Å²) in [7, 11) is 4.80. The van der Waals surface area contributed by atoms with Gasteiger partial charge in [0.1, 0.15) is 6.33 Å². The van der Waals surface area contributed by atoms with Crippen LogP contribution in [0.3, 0.4) is 0 Å².